The van der Waals surface area contributed by atoms with Gasteiger partial charge in [0.25, 0.3) is 0 Å². The Bertz CT molecular complexity index is 598. The molecule has 1 fully saturated rings. The Morgan fingerprint density at radius 2 is 2.09 bits per heavy atom. The molecule has 4 heteroatoms. The van der Waals surface area contributed by atoms with Gasteiger partial charge in [0.05, 0.1) is 11.7 Å². The van der Waals surface area contributed by atoms with Gasteiger partial charge in [-0.1, -0.05) is 50.5 Å². The van der Waals surface area contributed by atoms with Crippen LogP contribution >= 0.6 is 9.24 Å². The number of dihydropyridines is 1. The smallest absolute Gasteiger partial charge is 0.124 e. The van der Waals surface area contributed by atoms with E-state index in [1.807, 2.05) is 12.1 Å². The molecule has 0 spiro atoms. The van der Waals surface area contributed by atoms with Crippen molar-refractivity contribution in [1.29, 1.82) is 0 Å². The molecular formula is C19H27N2OP. The van der Waals surface area contributed by atoms with Gasteiger partial charge in [-0.05, 0) is 34.8 Å². The van der Waals surface area contributed by atoms with Crippen LogP contribution in [0.2, 0.25) is 0 Å². The van der Waals surface area contributed by atoms with Crippen molar-refractivity contribution in [3.8, 4) is 0 Å². The molecule has 1 aromatic rings. The molecule has 1 aliphatic carbocycles. The molecule has 3 nitrogen and oxygen atoms in total. The summed E-state index contributed by atoms with van der Waals surface area (Å²) in [6.45, 7) is 4.39. The third kappa shape index (κ3) is 4.68. The number of allylic oxidation sites excluding steroid dienone is 1. The van der Waals surface area contributed by atoms with Crippen molar-refractivity contribution < 1.29 is 4.79 Å². The summed E-state index contributed by atoms with van der Waals surface area (Å²) in [6, 6.07) is 6.24. The highest BCUT2D eigenvalue weighted by molar-refractivity contribution is 7.27. The first kappa shape index (κ1) is 17.7. The molecule has 124 valence electrons. The molecule has 0 bridgehead atoms. The maximum Gasteiger partial charge on any atom is 0.124 e. The average Bonchev–Trinajstić information content (AvgIpc) is 2.49. The molecule has 2 aliphatic rings. The molecule has 1 aromatic carbocycles. The first-order valence-electron chi connectivity index (χ1n) is 8.24. The van der Waals surface area contributed by atoms with Crippen LogP contribution in [0.25, 0.3) is 0 Å². The number of hydrogen-bond donors (Lipinski definition) is 2. The minimum Gasteiger partial charge on any atom is -0.397 e. The van der Waals surface area contributed by atoms with Gasteiger partial charge >= 0.3 is 0 Å². The Balaban J connectivity index is 0.000000326. The topological polar surface area (TPSA) is 55.1 Å². The van der Waals surface area contributed by atoms with Crippen LogP contribution < -0.4 is 16.4 Å². The molecule has 2 unspecified atom stereocenters. The van der Waals surface area contributed by atoms with Crippen LogP contribution in [0.1, 0.15) is 49.8 Å². The molecule has 1 aliphatic heterocycles. The van der Waals surface area contributed by atoms with E-state index in [-0.39, 0.29) is 6.04 Å². The fraction of sp³-hybridized carbons (Fsp3) is 0.421. The van der Waals surface area contributed by atoms with Crippen molar-refractivity contribution in [1.82, 2.24) is 5.32 Å². The average molecular weight is 330 g/mol. The van der Waals surface area contributed by atoms with Crippen molar-refractivity contribution in [2.45, 2.75) is 45.6 Å². The number of carbonyl (C=O) groups excluding carboxylic acids is 1. The van der Waals surface area contributed by atoms with Crippen molar-refractivity contribution in [3.05, 3.63) is 52.9 Å². The Kier molecular flexibility index (Phi) is 6.41. The Morgan fingerprint density at radius 3 is 2.61 bits per heavy atom. The number of hydrogen-bond acceptors (Lipinski definition) is 3. The highest BCUT2D eigenvalue weighted by Gasteiger charge is 2.17. The molecule has 3 rings (SSSR count). The second-order valence-electron chi connectivity index (χ2n) is 6.42. The standard InChI is InChI=1S/C14H17N2OP.C5H10/c1-9-3-2-4-13(18)14(9)12-7-10(5-6-17)11(15)8-16-12;1-5-3-2-4-5/h2-4,6-8,12,16H,5,15,18H2,1H3;5H,2-4H2,1H3. The third-order valence-electron chi connectivity index (χ3n) is 4.52. The predicted octanol–water partition coefficient (Wildman–Crippen LogP) is 3.26. The molecule has 1 heterocycles. The maximum atomic E-state index is 10.6. The summed E-state index contributed by atoms with van der Waals surface area (Å²) in [5.74, 6) is 1.06. The number of rotatable bonds is 3. The maximum absolute atomic E-state index is 10.6. The molecule has 0 saturated heterocycles. The normalized spacial score (nSPS) is 20.2. The van der Waals surface area contributed by atoms with E-state index in [1.54, 1.807) is 6.20 Å². The van der Waals surface area contributed by atoms with E-state index in [1.165, 1.54) is 30.4 Å². The van der Waals surface area contributed by atoms with Gasteiger partial charge in [0.1, 0.15) is 6.29 Å². The van der Waals surface area contributed by atoms with Gasteiger partial charge in [0.2, 0.25) is 0 Å². The number of benzene rings is 1. The minimum atomic E-state index is 0.0703. The monoisotopic (exact) mass is 330 g/mol. The Morgan fingerprint density at radius 1 is 1.39 bits per heavy atom. The van der Waals surface area contributed by atoms with E-state index in [9.17, 15) is 4.79 Å². The summed E-state index contributed by atoms with van der Waals surface area (Å²) < 4.78 is 0. The van der Waals surface area contributed by atoms with Crippen molar-refractivity contribution in [2.24, 2.45) is 11.7 Å². The van der Waals surface area contributed by atoms with E-state index >= 15 is 0 Å². The SMILES string of the molecule is CC1CCC1.Cc1cccc(P)c1C1C=C(CC=O)C(N)=CN1. The molecule has 0 aromatic heterocycles. The summed E-state index contributed by atoms with van der Waals surface area (Å²) in [7, 11) is 2.75. The van der Waals surface area contributed by atoms with E-state index in [0.29, 0.717) is 12.1 Å². The summed E-state index contributed by atoms with van der Waals surface area (Å²) >= 11 is 0. The van der Waals surface area contributed by atoms with E-state index < -0.39 is 0 Å². The van der Waals surface area contributed by atoms with E-state index in [2.05, 4.69) is 40.5 Å². The van der Waals surface area contributed by atoms with E-state index in [0.717, 1.165) is 23.1 Å². The van der Waals surface area contributed by atoms with Gasteiger partial charge in [-0.25, -0.2) is 0 Å². The van der Waals surface area contributed by atoms with Crippen LogP contribution in [0.5, 0.6) is 0 Å². The minimum absolute atomic E-state index is 0.0703. The van der Waals surface area contributed by atoms with Gasteiger partial charge in [-0.2, -0.15) is 0 Å². The zero-order valence-electron chi connectivity index (χ0n) is 14.0. The zero-order chi connectivity index (χ0) is 16.8. The largest absolute Gasteiger partial charge is 0.397 e. The second kappa shape index (κ2) is 8.31. The van der Waals surface area contributed by atoms with Gasteiger partial charge in [0.15, 0.2) is 0 Å². The number of aryl methyl sites for hydroxylation is 1. The fourth-order valence-electron chi connectivity index (χ4n) is 2.80. The first-order valence-corrected chi connectivity index (χ1v) is 8.82. The number of nitrogens with two attached hydrogens (primary N) is 1. The Hall–Kier alpha value is -1.60. The zero-order valence-corrected chi connectivity index (χ0v) is 15.2. The third-order valence-corrected chi connectivity index (χ3v) is 5.03. The molecular weight excluding hydrogens is 303 g/mol. The van der Waals surface area contributed by atoms with Crippen LogP contribution in [0.4, 0.5) is 0 Å². The lowest BCUT2D eigenvalue weighted by Gasteiger charge is -2.24. The Labute approximate surface area is 141 Å². The molecule has 3 N–H and O–H groups in total. The highest BCUT2D eigenvalue weighted by atomic mass is 31.0. The van der Waals surface area contributed by atoms with Gasteiger partial charge in [-0.15, -0.1) is 9.24 Å². The van der Waals surface area contributed by atoms with Crippen molar-refractivity contribution in [2.75, 3.05) is 0 Å². The highest BCUT2D eigenvalue weighted by Crippen LogP contribution is 2.25. The van der Waals surface area contributed by atoms with Crippen LogP contribution in [-0.2, 0) is 4.79 Å². The van der Waals surface area contributed by atoms with Gasteiger partial charge in [-0.3, -0.25) is 0 Å². The molecule has 2 atom stereocenters. The summed E-state index contributed by atoms with van der Waals surface area (Å²) in [6.07, 6.45) is 9.51. The number of nitrogens with one attached hydrogen (secondary N) is 1. The van der Waals surface area contributed by atoms with Crippen LogP contribution in [-0.4, -0.2) is 6.29 Å². The van der Waals surface area contributed by atoms with Crippen LogP contribution in [0.15, 0.2) is 41.7 Å². The molecule has 1 saturated carbocycles. The van der Waals surface area contributed by atoms with Crippen molar-refractivity contribution in [3.63, 3.8) is 0 Å². The van der Waals surface area contributed by atoms with Gasteiger partial charge < -0.3 is 15.8 Å². The predicted molar refractivity (Wildman–Crippen MR) is 100 cm³/mol. The molecule has 0 amide bonds. The lowest BCUT2D eigenvalue weighted by atomic mass is 9.88. The van der Waals surface area contributed by atoms with Gasteiger partial charge in [0, 0.05) is 12.6 Å². The second-order valence-corrected chi connectivity index (χ2v) is 7.04. The first-order chi connectivity index (χ1) is 11.0. The summed E-state index contributed by atoms with van der Waals surface area (Å²) in [5.41, 5.74) is 9.81. The van der Waals surface area contributed by atoms with Crippen LogP contribution in [0.3, 0.4) is 0 Å². The lowest BCUT2D eigenvalue weighted by Crippen LogP contribution is -2.25. The molecule has 23 heavy (non-hydrogen) atoms. The lowest BCUT2D eigenvalue weighted by molar-refractivity contribution is -0.107. The fourth-order valence-corrected chi connectivity index (χ4v) is 3.32. The number of carbonyl (C=O) groups is 1. The quantitative estimate of drug-likeness (QED) is 0.661. The van der Waals surface area contributed by atoms with E-state index in [4.69, 9.17) is 5.73 Å². The summed E-state index contributed by atoms with van der Waals surface area (Å²) in [5, 5.41) is 4.42. The number of aldehydes is 1. The van der Waals surface area contributed by atoms with Crippen LogP contribution in [0, 0.1) is 12.8 Å². The summed E-state index contributed by atoms with van der Waals surface area (Å²) in [4.78, 5) is 10.6. The van der Waals surface area contributed by atoms with Crippen molar-refractivity contribution >= 4 is 20.8 Å². The molecule has 0 radical (unpaired) electrons.